The Balaban J connectivity index is 1.65. The minimum Gasteiger partial charge on any atom is -0.457 e. The molecule has 14 heavy (non-hydrogen) atoms. The molecule has 6 heteroatoms. The Morgan fingerprint density at radius 1 is 0.786 bits per heavy atom. The van der Waals surface area contributed by atoms with Crippen LogP contribution in [-0.4, -0.2) is 0 Å². The Bertz CT molecular complexity index is 307. The number of furan rings is 2. The van der Waals surface area contributed by atoms with E-state index >= 15 is 0 Å². The fourth-order valence-electron chi connectivity index (χ4n) is 0.717. The summed E-state index contributed by atoms with van der Waals surface area (Å²) in [6, 6.07) is 7.64. The maximum Gasteiger partial charge on any atom is 0.171 e. The molecule has 0 atom stereocenters. The van der Waals surface area contributed by atoms with Gasteiger partial charge in [0.2, 0.25) is 0 Å². The first kappa shape index (κ1) is 10.5. The van der Waals surface area contributed by atoms with Crippen LogP contribution >= 0.6 is 41.2 Å². The SMILES string of the molecule is c1coc(SSSSc2ccco2)c1. The van der Waals surface area contributed by atoms with Crippen LogP contribution in [0, 0.1) is 0 Å². The normalized spacial score (nSPS) is 10.6. The van der Waals surface area contributed by atoms with Crippen LogP contribution in [0.1, 0.15) is 0 Å². The third-order valence-electron chi connectivity index (χ3n) is 1.25. The molecule has 0 spiro atoms. The highest BCUT2D eigenvalue weighted by atomic mass is 33.7. The van der Waals surface area contributed by atoms with Crippen molar-refractivity contribution in [2.45, 2.75) is 10.2 Å². The lowest BCUT2D eigenvalue weighted by Crippen LogP contribution is -1.52. The molecule has 0 aliphatic heterocycles. The van der Waals surface area contributed by atoms with Crippen LogP contribution in [0.2, 0.25) is 0 Å². The van der Waals surface area contributed by atoms with Gasteiger partial charge >= 0.3 is 0 Å². The molecule has 2 heterocycles. The zero-order valence-electron chi connectivity index (χ0n) is 6.91. The largest absolute Gasteiger partial charge is 0.457 e. The van der Waals surface area contributed by atoms with Crippen molar-refractivity contribution in [3.05, 3.63) is 36.8 Å². The fourth-order valence-corrected chi connectivity index (χ4v) is 5.71. The Kier molecular flexibility index (Phi) is 4.30. The molecule has 0 aromatic carbocycles. The zero-order chi connectivity index (χ0) is 9.64. The van der Waals surface area contributed by atoms with Crippen molar-refractivity contribution in [3.63, 3.8) is 0 Å². The highest BCUT2D eigenvalue weighted by molar-refractivity contribution is 9.26. The van der Waals surface area contributed by atoms with E-state index in [2.05, 4.69) is 0 Å². The molecule has 0 amide bonds. The molecule has 0 saturated heterocycles. The summed E-state index contributed by atoms with van der Waals surface area (Å²) in [4.78, 5) is 0. The zero-order valence-corrected chi connectivity index (χ0v) is 10.2. The van der Waals surface area contributed by atoms with Gasteiger partial charge in [0.1, 0.15) is 0 Å². The van der Waals surface area contributed by atoms with Crippen molar-refractivity contribution in [1.82, 2.24) is 0 Å². The van der Waals surface area contributed by atoms with Crippen LogP contribution in [-0.2, 0) is 0 Å². The van der Waals surface area contributed by atoms with Gasteiger partial charge in [0.25, 0.3) is 0 Å². The topological polar surface area (TPSA) is 26.3 Å². The molecule has 0 radical (unpaired) electrons. The predicted molar refractivity (Wildman–Crippen MR) is 64.3 cm³/mol. The quantitative estimate of drug-likeness (QED) is 0.557. The molecule has 0 saturated carbocycles. The second-order valence-corrected chi connectivity index (χ2v) is 7.84. The summed E-state index contributed by atoms with van der Waals surface area (Å²) >= 11 is 0. The van der Waals surface area contributed by atoms with E-state index in [4.69, 9.17) is 8.83 Å². The summed E-state index contributed by atoms with van der Waals surface area (Å²) in [5, 5.41) is 1.84. The second kappa shape index (κ2) is 5.75. The smallest absolute Gasteiger partial charge is 0.171 e. The molecule has 0 aliphatic carbocycles. The average molecular weight is 262 g/mol. The van der Waals surface area contributed by atoms with Gasteiger partial charge in [-0.05, 0) is 65.5 Å². The van der Waals surface area contributed by atoms with E-state index in [0.29, 0.717) is 0 Å². The molecule has 74 valence electrons. The minimum atomic E-state index is 0.919. The lowest BCUT2D eigenvalue weighted by molar-refractivity contribution is 0.476. The molecule has 0 fully saturated rings. The molecule has 0 bridgehead atoms. The molecule has 0 unspecified atom stereocenters. The first-order valence-electron chi connectivity index (χ1n) is 3.70. The van der Waals surface area contributed by atoms with E-state index in [1.165, 1.54) is 0 Å². The van der Waals surface area contributed by atoms with E-state index in [1.807, 2.05) is 24.3 Å². The predicted octanol–water partition coefficient (Wildman–Crippen LogP) is 4.97. The number of rotatable bonds is 5. The van der Waals surface area contributed by atoms with Gasteiger partial charge < -0.3 is 8.83 Å². The maximum absolute atomic E-state index is 5.17. The fraction of sp³-hybridized carbons (Fsp3) is 0. The maximum atomic E-state index is 5.17. The summed E-state index contributed by atoms with van der Waals surface area (Å²) in [6.07, 6.45) is 3.35. The van der Waals surface area contributed by atoms with Crippen molar-refractivity contribution in [3.8, 4) is 0 Å². The molecular formula is C8H6O2S4. The van der Waals surface area contributed by atoms with Gasteiger partial charge in [-0.15, -0.1) is 0 Å². The van der Waals surface area contributed by atoms with Gasteiger partial charge in [-0.1, -0.05) is 0 Å². The van der Waals surface area contributed by atoms with Gasteiger partial charge in [-0.25, -0.2) is 0 Å². The Morgan fingerprint density at radius 2 is 1.29 bits per heavy atom. The summed E-state index contributed by atoms with van der Waals surface area (Å²) in [5.41, 5.74) is 0. The van der Waals surface area contributed by atoms with Crippen LogP contribution in [0.15, 0.2) is 55.8 Å². The number of hydrogen-bond acceptors (Lipinski definition) is 6. The standard InChI is InChI=1S/C8H6O2S4/c1-3-7(9-5-1)11-13-14-12-8-4-2-6-10-8/h1-6H. The van der Waals surface area contributed by atoms with Crippen LogP contribution in [0.3, 0.4) is 0 Å². The van der Waals surface area contributed by atoms with Crippen LogP contribution in [0.5, 0.6) is 0 Å². The van der Waals surface area contributed by atoms with E-state index in [-0.39, 0.29) is 0 Å². The molecule has 2 nitrogen and oxygen atoms in total. The van der Waals surface area contributed by atoms with Gasteiger partial charge in [-0.2, -0.15) is 0 Å². The lowest BCUT2D eigenvalue weighted by atomic mass is 10.7. The average Bonchev–Trinajstić information content (AvgIpc) is 2.86. The lowest BCUT2D eigenvalue weighted by Gasteiger charge is -1.93. The summed E-state index contributed by atoms with van der Waals surface area (Å²) < 4.78 is 10.3. The Hall–Kier alpha value is -0.0400. The molecule has 2 rings (SSSR count). The van der Waals surface area contributed by atoms with Gasteiger partial charge in [0.15, 0.2) is 10.2 Å². The van der Waals surface area contributed by atoms with E-state index in [0.717, 1.165) is 10.2 Å². The highest BCUT2D eigenvalue weighted by Crippen LogP contribution is 2.49. The molecule has 2 aromatic heterocycles. The monoisotopic (exact) mass is 262 g/mol. The van der Waals surface area contributed by atoms with Crippen molar-refractivity contribution in [2.24, 2.45) is 0 Å². The van der Waals surface area contributed by atoms with Crippen LogP contribution in [0.4, 0.5) is 0 Å². The van der Waals surface area contributed by atoms with Crippen LogP contribution in [0.25, 0.3) is 0 Å². The third kappa shape index (κ3) is 3.27. The van der Waals surface area contributed by atoms with E-state index in [1.54, 1.807) is 53.8 Å². The summed E-state index contributed by atoms with van der Waals surface area (Å²) in [5.74, 6) is 0. The molecule has 2 aromatic rings. The molecule has 0 aliphatic rings. The van der Waals surface area contributed by atoms with Crippen LogP contribution < -0.4 is 0 Å². The van der Waals surface area contributed by atoms with Crippen molar-refractivity contribution in [1.29, 1.82) is 0 Å². The first-order chi connectivity index (χ1) is 6.95. The van der Waals surface area contributed by atoms with Gasteiger partial charge in [-0.3, -0.25) is 0 Å². The van der Waals surface area contributed by atoms with Gasteiger partial charge in [0, 0.05) is 0 Å². The Morgan fingerprint density at radius 3 is 1.64 bits per heavy atom. The molecular weight excluding hydrogens is 256 g/mol. The van der Waals surface area contributed by atoms with E-state index < -0.39 is 0 Å². The van der Waals surface area contributed by atoms with Crippen molar-refractivity contribution < 1.29 is 8.83 Å². The molecule has 0 N–H and O–H groups in total. The summed E-state index contributed by atoms with van der Waals surface area (Å²) in [6.45, 7) is 0. The highest BCUT2D eigenvalue weighted by Gasteiger charge is 2.00. The third-order valence-corrected chi connectivity index (χ3v) is 7.02. The Labute approximate surface area is 96.8 Å². The summed E-state index contributed by atoms with van der Waals surface area (Å²) in [7, 11) is 6.50. The van der Waals surface area contributed by atoms with E-state index in [9.17, 15) is 0 Å². The van der Waals surface area contributed by atoms with Crippen molar-refractivity contribution in [2.75, 3.05) is 0 Å². The second-order valence-electron chi connectivity index (χ2n) is 2.17. The van der Waals surface area contributed by atoms with Crippen molar-refractivity contribution >= 4 is 41.2 Å². The van der Waals surface area contributed by atoms with Gasteiger partial charge in [0.05, 0.1) is 12.5 Å². The minimum absolute atomic E-state index is 0.919. The first-order valence-corrected chi connectivity index (χ1v) is 8.52. The number of hydrogen-bond donors (Lipinski definition) is 0.